The van der Waals surface area contributed by atoms with Gasteiger partial charge in [0, 0.05) is 12.1 Å². The molecule has 6 nitrogen and oxygen atoms in total. The molecule has 27 heavy (non-hydrogen) atoms. The first-order valence-electron chi connectivity index (χ1n) is 8.60. The Kier molecular flexibility index (Phi) is 5.28. The minimum atomic E-state index is -0.826. The third-order valence-electron chi connectivity index (χ3n) is 4.46. The number of rotatable bonds is 5. The number of Topliss-reactive ketones (excluding diaryl/α,β-unsaturated/α-hetero) is 1. The van der Waals surface area contributed by atoms with Crippen LogP contribution in [0.3, 0.4) is 0 Å². The number of likely N-dealkylation sites (tertiary alicyclic amines) is 1. The van der Waals surface area contributed by atoms with Crippen molar-refractivity contribution in [2.45, 2.75) is 19.1 Å². The van der Waals surface area contributed by atoms with E-state index < -0.39 is 23.8 Å². The van der Waals surface area contributed by atoms with E-state index in [1.165, 1.54) is 12.0 Å². The van der Waals surface area contributed by atoms with Gasteiger partial charge in [0.1, 0.15) is 11.5 Å². The Hall–Kier alpha value is -3.12. The summed E-state index contributed by atoms with van der Waals surface area (Å²) in [4.78, 5) is 26.6. The van der Waals surface area contributed by atoms with Crippen LogP contribution in [0, 0.1) is 0 Å². The molecule has 0 aromatic heterocycles. The maximum atomic E-state index is 12.7. The molecule has 1 amide bonds. The molecule has 3 rings (SSSR count). The summed E-state index contributed by atoms with van der Waals surface area (Å²) in [5, 5.41) is 20.6. The van der Waals surface area contributed by atoms with Crippen molar-refractivity contribution >= 4 is 17.4 Å². The Bertz CT molecular complexity index is 888. The molecule has 0 bridgehead atoms. The molecular formula is C21H21NO5. The largest absolute Gasteiger partial charge is 0.507 e. The topological polar surface area (TPSA) is 87.1 Å². The van der Waals surface area contributed by atoms with Crippen molar-refractivity contribution in [3.63, 3.8) is 0 Å². The second-order valence-corrected chi connectivity index (χ2v) is 6.44. The maximum Gasteiger partial charge on any atom is 0.295 e. The summed E-state index contributed by atoms with van der Waals surface area (Å²) in [6, 6.07) is 14.8. The number of aliphatic hydroxyl groups is 2. The molecule has 1 aliphatic heterocycles. The van der Waals surface area contributed by atoms with E-state index in [1.807, 2.05) is 0 Å². The summed E-state index contributed by atoms with van der Waals surface area (Å²) in [6.45, 7) is 1.51. The van der Waals surface area contributed by atoms with Crippen molar-refractivity contribution in [2.24, 2.45) is 0 Å². The van der Waals surface area contributed by atoms with Crippen LogP contribution in [0.5, 0.6) is 5.75 Å². The van der Waals surface area contributed by atoms with Gasteiger partial charge in [0.2, 0.25) is 0 Å². The fourth-order valence-electron chi connectivity index (χ4n) is 3.26. The van der Waals surface area contributed by atoms with E-state index in [9.17, 15) is 19.8 Å². The molecule has 2 aromatic carbocycles. The smallest absolute Gasteiger partial charge is 0.295 e. The van der Waals surface area contributed by atoms with Gasteiger partial charge in [0.25, 0.3) is 11.7 Å². The first kappa shape index (κ1) is 18.7. The summed E-state index contributed by atoms with van der Waals surface area (Å²) in [7, 11) is 1.52. The average Bonchev–Trinajstić information content (AvgIpc) is 2.92. The van der Waals surface area contributed by atoms with Crippen LogP contribution in [0.1, 0.15) is 24.1 Å². The minimum absolute atomic E-state index is 0.0000954. The fourth-order valence-corrected chi connectivity index (χ4v) is 3.26. The molecule has 2 N–H and O–H groups in total. The predicted octanol–water partition coefficient (Wildman–Crippen LogP) is 2.50. The second kappa shape index (κ2) is 7.63. The van der Waals surface area contributed by atoms with Gasteiger partial charge in [-0.15, -0.1) is 0 Å². The molecule has 0 radical (unpaired) electrons. The number of methoxy groups -OCH3 is 1. The molecule has 140 valence electrons. The predicted molar refractivity (Wildman–Crippen MR) is 100 cm³/mol. The van der Waals surface area contributed by atoms with Gasteiger partial charge in [-0.2, -0.15) is 0 Å². The van der Waals surface area contributed by atoms with Crippen molar-refractivity contribution in [1.29, 1.82) is 0 Å². The number of nitrogens with zero attached hydrogens (tertiary/aromatic N) is 1. The van der Waals surface area contributed by atoms with E-state index in [4.69, 9.17) is 4.74 Å². The quantitative estimate of drug-likeness (QED) is 0.482. The van der Waals surface area contributed by atoms with Crippen molar-refractivity contribution in [3.05, 3.63) is 71.3 Å². The van der Waals surface area contributed by atoms with Crippen LogP contribution in [-0.2, 0) is 9.59 Å². The Balaban J connectivity index is 2.19. The lowest BCUT2D eigenvalue weighted by molar-refractivity contribution is -0.140. The fraction of sp³-hybridized carbons (Fsp3) is 0.238. The van der Waals surface area contributed by atoms with Gasteiger partial charge in [0.15, 0.2) is 0 Å². The summed E-state index contributed by atoms with van der Waals surface area (Å²) < 4.78 is 5.25. The van der Waals surface area contributed by atoms with Gasteiger partial charge in [-0.25, -0.2) is 0 Å². The van der Waals surface area contributed by atoms with Crippen LogP contribution in [0.15, 0.2) is 60.2 Å². The van der Waals surface area contributed by atoms with E-state index in [1.54, 1.807) is 61.5 Å². The molecule has 1 saturated heterocycles. The highest BCUT2D eigenvalue weighted by atomic mass is 16.5. The summed E-state index contributed by atoms with van der Waals surface area (Å²) in [5.74, 6) is -1.20. The van der Waals surface area contributed by atoms with Crippen LogP contribution in [0.25, 0.3) is 5.76 Å². The standard InChI is InChI=1S/C21H21NO5/c1-13(23)12-22-18(15-9-6-10-16(11-15)27-2)17(20(25)21(22)26)19(24)14-7-4-3-5-8-14/h3-11,13,18,23-24H,12H2,1-2H3/t13-,18+/m1/s1. The SMILES string of the molecule is COc1cccc([C@H]2C(=C(O)c3ccccc3)C(=O)C(=O)N2C[C@@H](C)O)c1. The number of amides is 1. The lowest BCUT2D eigenvalue weighted by Crippen LogP contribution is -2.35. The van der Waals surface area contributed by atoms with E-state index >= 15 is 0 Å². The Morgan fingerprint density at radius 2 is 1.85 bits per heavy atom. The molecule has 0 aliphatic carbocycles. The molecule has 0 saturated carbocycles. The van der Waals surface area contributed by atoms with Gasteiger partial charge in [0.05, 0.1) is 24.8 Å². The van der Waals surface area contributed by atoms with Crippen molar-refractivity contribution in [1.82, 2.24) is 4.90 Å². The molecular weight excluding hydrogens is 346 g/mol. The van der Waals surface area contributed by atoms with Crippen molar-refractivity contribution in [3.8, 4) is 5.75 Å². The van der Waals surface area contributed by atoms with Gasteiger partial charge in [-0.05, 0) is 24.6 Å². The zero-order valence-corrected chi connectivity index (χ0v) is 15.1. The maximum absolute atomic E-state index is 12.7. The number of benzene rings is 2. The molecule has 2 aromatic rings. The zero-order valence-electron chi connectivity index (χ0n) is 15.1. The molecule has 1 aliphatic rings. The van der Waals surface area contributed by atoms with E-state index in [2.05, 4.69) is 0 Å². The number of hydrogen-bond acceptors (Lipinski definition) is 5. The molecule has 6 heteroatoms. The van der Waals surface area contributed by atoms with E-state index in [0.29, 0.717) is 16.9 Å². The van der Waals surface area contributed by atoms with Crippen LogP contribution in [-0.4, -0.2) is 46.6 Å². The number of hydrogen-bond donors (Lipinski definition) is 2. The van der Waals surface area contributed by atoms with Crippen molar-refractivity contribution < 1.29 is 24.5 Å². The van der Waals surface area contributed by atoms with Gasteiger partial charge >= 0.3 is 0 Å². The highest BCUT2D eigenvalue weighted by molar-refractivity contribution is 6.46. The van der Waals surface area contributed by atoms with Crippen LogP contribution < -0.4 is 4.74 Å². The zero-order chi connectivity index (χ0) is 19.6. The van der Waals surface area contributed by atoms with Gasteiger partial charge in [-0.1, -0.05) is 42.5 Å². The molecule has 1 fully saturated rings. The summed E-state index contributed by atoms with van der Waals surface area (Å²) >= 11 is 0. The number of ketones is 1. The van der Waals surface area contributed by atoms with Crippen molar-refractivity contribution in [2.75, 3.05) is 13.7 Å². The number of carbonyl (C=O) groups is 2. The first-order valence-corrected chi connectivity index (χ1v) is 8.60. The Labute approximate surface area is 157 Å². The molecule has 0 spiro atoms. The first-order chi connectivity index (χ1) is 12.9. The van der Waals surface area contributed by atoms with Gasteiger partial charge in [-0.3, -0.25) is 9.59 Å². The molecule has 0 unspecified atom stereocenters. The van der Waals surface area contributed by atoms with Gasteiger partial charge < -0.3 is 19.8 Å². The second-order valence-electron chi connectivity index (χ2n) is 6.44. The number of carbonyl (C=O) groups excluding carboxylic acids is 2. The average molecular weight is 367 g/mol. The number of ether oxygens (including phenoxy) is 1. The minimum Gasteiger partial charge on any atom is -0.507 e. The van der Waals surface area contributed by atoms with Crippen LogP contribution >= 0.6 is 0 Å². The summed E-state index contributed by atoms with van der Waals surface area (Å²) in [6.07, 6.45) is -0.826. The van der Waals surface area contributed by atoms with E-state index in [0.717, 1.165) is 0 Å². The third kappa shape index (κ3) is 3.57. The lowest BCUT2D eigenvalue weighted by Gasteiger charge is -2.26. The lowest BCUT2D eigenvalue weighted by atomic mass is 9.95. The third-order valence-corrected chi connectivity index (χ3v) is 4.46. The Morgan fingerprint density at radius 3 is 2.48 bits per heavy atom. The number of aliphatic hydroxyl groups excluding tert-OH is 2. The number of β-amino-alcohol motifs (C(OH)–C–C–N with tert-alkyl or cyclic N) is 1. The monoisotopic (exact) mass is 367 g/mol. The van der Waals surface area contributed by atoms with Crippen LogP contribution in [0.2, 0.25) is 0 Å². The highest BCUT2D eigenvalue weighted by Gasteiger charge is 2.46. The van der Waals surface area contributed by atoms with E-state index in [-0.39, 0.29) is 17.9 Å². The normalized spacial score (nSPS) is 20.0. The highest BCUT2D eigenvalue weighted by Crippen LogP contribution is 2.40. The van der Waals surface area contributed by atoms with Crippen LogP contribution in [0.4, 0.5) is 0 Å². The Morgan fingerprint density at radius 1 is 1.15 bits per heavy atom. The summed E-state index contributed by atoms with van der Waals surface area (Å²) in [5.41, 5.74) is 1.06. The molecule has 1 heterocycles. The molecule has 2 atom stereocenters.